The van der Waals surface area contributed by atoms with Crippen LogP contribution in [0.1, 0.15) is 30.9 Å². The van der Waals surface area contributed by atoms with Crippen molar-refractivity contribution < 1.29 is 0 Å². The first-order chi connectivity index (χ1) is 9.56. The van der Waals surface area contributed by atoms with Crippen molar-refractivity contribution in [2.24, 2.45) is 5.92 Å². The van der Waals surface area contributed by atoms with Crippen LogP contribution in [0.2, 0.25) is 0 Å². The van der Waals surface area contributed by atoms with Gasteiger partial charge in [-0.05, 0) is 40.3 Å². The second kappa shape index (κ2) is 6.84. The fourth-order valence-electron chi connectivity index (χ4n) is 2.10. The third-order valence-corrected chi connectivity index (χ3v) is 3.89. The van der Waals surface area contributed by atoms with Crippen molar-refractivity contribution in [2.45, 2.75) is 33.1 Å². The predicted octanol–water partition coefficient (Wildman–Crippen LogP) is 3.52. The highest BCUT2D eigenvalue weighted by molar-refractivity contribution is 9.10. The summed E-state index contributed by atoms with van der Waals surface area (Å²) in [6, 6.07) is 10.2. The molecule has 0 saturated heterocycles. The van der Waals surface area contributed by atoms with Crippen molar-refractivity contribution >= 4 is 15.9 Å². The van der Waals surface area contributed by atoms with Crippen molar-refractivity contribution in [3.63, 3.8) is 0 Å². The number of aryl methyl sites for hydroxylation is 2. The molecule has 0 saturated carbocycles. The number of aromatic amines is 1. The monoisotopic (exact) mass is 334 g/mol. The van der Waals surface area contributed by atoms with Gasteiger partial charge >= 0.3 is 0 Å². The molecular formula is C16H19BrN2O. The van der Waals surface area contributed by atoms with Gasteiger partial charge in [-0.15, -0.1) is 0 Å². The molecule has 0 atom stereocenters. The van der Waals surface area contributed by atoms with Gasteiger partial charge in [0.25, 0.3) is 5.56 Å². The Hall–Kier alpha value is -1.42. The summed E-state index contributed by atoms with van der Waals surface area (Å²) in [5.74, 6) is 1.24. The van der Waals surface area contributed by atoms with Crippen molar-refractivity contribution in [2.75, 3.05) is 0 Å². The van der Waals surface area contributed by atoms with Crippen LogP contribution in [-0.2, 0) is 19.3 Å². The maximum atomic E-state index is 11.9. The van der Waals surface area contributed by atoms with Crippen molar-refractivity contribution in [3.05, 3.63) is 62.2 Å². The van der Waals surface area contributed by atoms with Crippen LogP contribution >= 0.6 is 15.9 Å². The topological polar surface area (TPSA) is 45.8 Å². The molecule has 4 heteroatoms. The summed E-state index contributed by atoms with van der Waals surface area (Å²) < 4.78 is 0.565. The molecule has 1 aromatic heterocycles. The zero-order chi connectivity index (χ0) is 14.5. The van der Waals surface area contributed by atoms with E-state index in [1.807, 2.05) is 18.2 Å². The van der Waals surface area contributed by atoms with Gasteiger partial charge in [-0.3, -0.25) is 4.79 Å². The van der Waals surface area contributed by atoms with E-state index in [9.17, 15) is 4.79 Å². The highest BCUT2D eigenvalue weighted by Crippen LogP contribution is 2.14. The van der Waals surface area contributed by atoms with E-state index in [0.29, 0.717) is 10.4 Å². The first kappa shape index (κ1) is 15.0. The number of rotatable bonds is 5. The lowest BCUT2D eigenvalue weighted by Gasteiger charge is -2.08. The minimum atomic E-state index is -0.0845. The normalized spacial score (nSPS) is 11.0. The van der Waals surface area contributed by atoms with Gasteiger partial charge in [-0.25, -0.2) is 4.98 Å². The molecule has 1 heterocycles. The van der Waals surface area contributed by atoms with Crippen LogP contribution in [0.25, 0.3) is 0 Å². The Kier molecular flexibility index (Phi) is 5.12. The molecule has 0 amide bonds. The van der Waals surface area contributed by atoms with E-state index < -0.39 is 0 Å². The standard InChI is InChI=1S/C16H19BrN2O/c1-11(2)10-13-15(17)16(20)19-14(18-13)9-8-12-6-4-3-5-7-12/h3-7,11H,8-10H2,1-2H3,(H,18,19,20). The average molecular weight is 335 g/mol. The van der Waals surface area contributed by atoms with Gasteiger partial charge in [-0.2, -0.15) is 0 Å². The maximum absolute atomic E-state index is 11.9. The van der Waals surface area contributed by atoms with Gasteiger partial charge in [0.1, 0.15) is 10.3 Å². The zero-order valence-corrected chi connectivity index (χ0v) is 13.4. The molecular weight excluding hydrogens is 316 g/mol. The fraction of sp³-hybridized carbons (Fsp3) is 0.375. The summed E-state index contributed by atoms with van der Waals surface area (Å²) in [5.41, 5.74) is 2.02. The molecule has 3 nitrogen and oxygen atoms in total. The third kappa shape index (κ3) is 4.04. The lowest BCUT2D eigenvalue weighted by molar-refractivity contribution is 0.625. The predicted molar refractivity (Wildman–Crippen MR) is 84.9 cm³/mol. The largest absolute Gasteiger partial charge is 0.310 e. The molecule has 0 fully saturated rings. The number of benzene rings is 1. The van der Waals surface area contributed by atoms with E-state index in [1.54, 1.807) is 0 Å². The minimum absolute atomic E-state index is 0.0845. The van der Waals surface area contributed by atoms with Crippen molar-refractivity contribution in [1.29, 1.82) is 0 Å². The zero-order valence-electron chi connectivity index (χ0n) is 11.8. The molecule has 20 heavy (non-hydrogen) atoms. The number of hydrogen-bond donors (Lipinski definition) is 1. The summed E-state index contributed by atoms with van der Waals surface area (Å²) >= 11 is 3.33. The molecule has 0 unspecified atom stereocenters. The van der Waals surface area contributed by atoms with Gasteiger partial charge in [0.05, 0.1) is 5.69 Å². The lowest BCUT2D eigenvalue weighted by atomic mass is 10.1. The molecule has 2 rings (SSSR count). The van der Waals surface area contributed by atoms with E-state index in [-0.39, 0.29) is 5.56 Å². The van der Waals surface area contributed by atoms with Crippen LogP contribution < -0.4 is 5.56 Å². The molecule has 0 radical (unpaired) electrons. The van der Waals surface area contributed by atoms with E-state index in [1.165, 1.54) is 5.56 Å². The Morgan fingerprint density at radius 2 is 1.90 bits per heavy atom. The van der Waals surface area contributed by atoms with E-state index in [4.69, 9.17) is 0 Å². The molecule has 0 bridgehead atoms. The van der Waals surface area contributed by atoms with Gasteiger partial charge in [0, 0.05) is 6.42 Å². The summed E-state index contributed by atoms with van der Waals surface area (Å²) in [7, 11) is 0. The quantitative estimate of drug-likeness (QED) is 0.909. The van der Waals surface area contributed by atoms with Crippen LogP contribution in [0.15, 0.2) is 39.6 Å². The number of hydrogen-bond acceptors (Lipinski definition) is 2. The lowest BCUT2D eigenvalue weighted by Crippen LogP contribution is -2.17. The summed E-state index contributed by atoms with van der Waals surface area (Å²) in [5, 5.41) is 0. The molecule has 1 aromatic carbocycles. The second-order valence-corrected chi connectivity index (χ2v) is 6.15. The number of aromatic nitrogens is 2. The van der Waals surface area contributed by atoms with Gasteiger partial charge in [0.15, 0.2) is 0 Å². The molecule has 106 valence electrons. The molecule has 0 spiro atoms. The van der Waals surface area contributed by atoms with Crippen molar-refractivity contribution in [1.82, 2.24) is 9.97 Å². The van der Waals surface area contributed by atoms with Gasteiger partial charge in [-0.1, -0.05) is 44.2 Å². The Morgan fingerprint density at radius 3 is 2.55 bits per heavy atom. The van der Waals surface area contributed by atoms with Crippen LogP contribution in [0.4, 0.5) is 0 Å². The van der Waals surface area contributed by atoms with Gasteiger partial charge in [0.2, 0.25) is 0 Å². The Balaban J connectivity index is 2.16. The number of nitrogens with zero attached hydrogens (tertiary/aromatic N) is 1. The molecule has 0 aliphatic rings. The fourth-order valence-corrected chi connectivity index (χ4v) is 2.45. The number of H-pyrrole nitrogens is 1. The average Bonchev–Trinajstić information content (AvgIpc) is 2.42. The maximum Gasteiger partial charge on any atom is 0.265 e. The number of halogens is 1. The molecule has 2 aromatic rings. The van der Waals surface area contributed by atoms with Crippen LogP contribution in [0.5, 0.6) is 0 Å². The van der Waals surface area contributed by atoms with Crippen molar-refractivity contribution in [3.8, 4) is 0 Å². The SMILES string of the molecule is CC(C)Cc1nc(CCc2ccccc2)[nH]c(=O)c1Br. The molecule has 0 aliphatic heterocycles. The van der Waals surface area contributed by atoms with E-state index in [2.05, 4.69) is 51.9 Å². The minimum Gasteiger partial charge on any atom is -0.310 e. The summed E-state index contributed by atoms with van der Waals surface area (Å²) in [4.78, 5) is 19.3. The molecule has 1 N–H and O–H groups in total. The van der Waals surface area contributed by atoms with Crippen LogP contribution in [0, 0.1) is 5.92 Å². The Bertz CT molecular complexity index is 620. The smallest absolute Gasteiger partial charge is 0.265 e. The third-order valence-electron chi connectivity index (χ3n) is 3.08. The first-order valence-electron chi connectivity index (χ1n) is 6.87. The second-order valence-electron chi connectivity index (χ2n) is 5.36. The summed E-state index contributed by atoms with van der Waals surface area (Å²) in [6.45, 7) is 4.25. The number of nitrogens with one attached hydrogen (secondary N) is 1. The highest BCUT2D eigenvalue weighted by atomic mass is 79.9. The van der Waals surface area contributed by atoms with Crippen LogP contribution in [0.3, 0.4) is 0 Å². The highest BCUT2D eigenvalue weighted by Gasteiger charge is 2.10. The Labute approximate surface area is 127 Å². The van der Waals surface area contributed by atoms with Crippen LogP contribution in [-0.4, -0.2) is 9.97 Å². The van der Waals surface area contributed by atoms with E-state index >= 15 is 0 Å². The van der Waals surface area contributed by atoms with E-state index in [0.717, 1.165) is 30.8 Å². The first-order valence-corrected chi connectivity index (χ1v) is 7.67. The summed E-state index contributed by atoms with van der Waals surface area (Å²) in [6.07, 6.45) is 2.44. The van der Waals surface area contributed by atoms with Gasteiger partial charge < -0.3 is 4.98 Å². The Morgan fingerprint density at radius 1 is 1.20 bits per heavy atom. The molecule has 0 aliphatic carbocycles.